The first kappa shape index (κ1) is 17.0. The van der Waals surface area contributed by atoms with Gasteiger partial charge in [0.15, 0.2) is 0 Å². The van der Waals surface area contributed by atoms with Crippen molar-refractivity contribution in [2.75, 3.05) is 32.7 Å². The van der Waals surface area contributed by atoms with E-state index in [4.69, 9.17) is 17.3 Å². The van der Waals surface area contributed by atoms with Crippen molar-refractivity contribution in [3.63, 3.8) is 0 Å². The number of piperazine rings is 1. The van der Waals surface area contributed by atoms with E-state index in [1.807, 2.05) is 29.2 Å². The van der Waals surface area contributed by atoms with E-state index in [0.29, 0.717) is 31.2 Å². The number of nitrogens with one attached hydrogen (secondary N) is 1. The zero-order chi connectivity index (χ0) is 17.1. The summed E-state index contributed by atoms with van der Waals surface area (Å²) < 4.78 is 0. The predicted octanol–water partition coefficient (Wildman–Crippen LogP) is 1.60. The van der Waals surface area contributed by atoms with Crippen molar-refractivity contribution in [2.24, 2.45) is 11.7 Å². The molecule has 7 heteroatoms. The molecule has 0 aromatic heterocycles. The van der Waals surface area contributed by atoms with E-state index < -0.39 is 6.03 Å². The van der Waals surface area contributed by atoms with Crippen LogP contribution >= 0.6 is 11.6 Å². The topological polar surface area (TPSA) is 78.7 Å². The first-order chi connectivity index (χ1) is 11.6. The van der Waals surface area contributed by atoms with Crippen molar-refractivity contribution in [3.8, 4) is 0 Å². The molecule has 0 aliphatic carbocycles. The Hall–Kier alpha value is -1.79. The molecule has 130 valence electrons. The normalized spacial score (nSPS) is 24.7. The van der Waals surface area contributed by atoms with Crippen molar-refractivity contribution < 1.29 is 9.59 Å². The molecule has 0 saturated carbocycles. The number of carbonyl (C=O) groups excluding carboxylic acids is 2. The minimum Gasteiger partial charge on any atom is -0.351 e. The predicted molar refractivity (Wildman–Crippen MR) is 92.7 cm³/mol. The van der Waals surface area contributed by atoms with Gasteiger partial charge in [-0.05, 0) is 24.5 Å². The number of primary amides is 1. The van der Waals surface area contributed by atoms with Crippen LogP contribution in [-0.4, -0.2) is 54.5 Å². The summed E-state index contributed by atoms with van der Waals surface area (Å²) in [5.74, 6) is -0.0956. The minimum atomic E-state index is -0.449. The maximum Gasteiger partial charge on any atom is 0.314 e. The van der Waals surface area contributed by atoms with E-state index >= 15 is 0 Å². The van der Waals surface area contributed by atoms with Crippen LogP contribution in [0.15, 0.2) is 24.3 Å². The molecule has 0 spiro atoms. The molecule has 6 nitrogen and oxygen atoms in total. The number of amides is 3. The number of likely N-dealkylation sites (tertiary alicyclic amines) is 1. The van der Waals surface area contributed by atoms with E-state index in [-0.39, 0.29) is 17.9 Å². The number of hydrogen-bond acceptors (Lipinski definition) is 3. The zero-order valence-corrected chi connectivity index (χ0v) is 14.3. The summed E-state index contributed by atoms with van der Waals surface area (Å²) in [4.78, 5) is 28.0. The van der Waals surface area contributed by atoms with Gasteiger partial charge in [-0.2, -0.15) is 0 Å². The molecule has 2 aliphatic rings. The number of nitrogens with two attached hydrogens (primary N) is 1. The molecular formula is C17H23ClN4O2. The number of urea groups is 1. The quantitative estimate of drug-likeness (QED) is 0.850. The molecule has 2 heterocycles. The maximum atomic E-state index is 13.1. The number of hydrogen-bond donors (Lipinski definition) is 2. The average Bonchev–Trinajstić information content (AvgIpc) is 2.61. The van der Waals surface area contributed by atoms with Crippen LogP contribution in [-0.2, 0) is 4.79 Å². The van der Waals surface area contributed by atoms with Gasteiger partial charge in [0.1, 0.15) is 0 Å². The van der Waals surface area contributed by atoms with E-state index in [1.54, 1.807) is 4.90 Å². The summed E-state index contributed by atoms with van der Waals surface area (Å²) in [6, 6.07) is 7.12. The molecule has 2 unspecified atom stereocenters. The van der Waals surface area contributed by atoms with E-state index in [0.717, 1.165) is 24.9 Å². The highest BCUT2D eigenvalue weighted by atomic mass is 35.5. The molecule has 2 fully saturated rings. The van der Waals surface area contributed by atoms with Gasteiger partial charge in [0.2, 0.25) is 5.91 Å². The van der Waals surface area contributed by atoms with Gasteiger partial charge in [0, 0.05) is 37.7 Å². The Kier molecular flexibility index (Phi) is 5.26. The molecule has 0 radical (unpaired) electrons. The summed E-state index contributed by atoms with van der Waals surface area (Å²) in [5, 5.41) is 4.01. The number of benzene rings is 1. The molecule has 1 aromatic rings. The molecule has 3 N–H and O–H groups in total. The van der Waals surface area contributed by atoms with E-state index in [9.17, 15) is 9.59 Å². The SMILES string of the molecule is NC(=O)N1CCCC(C(=O)N2CCNCC2c2ccccc2Cl)C1. The van der Waals surface area contributed by atoms with Gasteiger partial charge in [-0.25, -0.2) is 4.79 Å². The van der Waals surface area contributed by atoms with Gasteiger partial charge in [-0.15, -0.1) is 0 Å². The third-order valence-electron chi connectivity index (χ3n) is 4.87. The van der Waals surface area contributed by atoms with Crippen LogP contribution in [0, 0.1) is 5.92 Å². The summed E-state index contributed by atoms with van der Waals surface area (Å²) in [6.07, 6.45) is 1.60. The van der Waals surface area contributed by atoms with E-state index in [1.165, 1.54) is 0 Å². The van der Waals surface area contributed by atoms with Crippen molar-refractivity contribution in [1.29, 1.82) is 0 Å². The lowest BCUT2D eigenvalue weighted by atomic mass is 9.94. The molecule has 2 saturated heterocycles. The molecule has 2 aliphatic heterocycles. The van der Waals surface area contributed by atoms with Gasteiger partial charge in [0.05, 0.1) is 12.0 Å². The first-order valence-corrected chi connectivity index (χ1v) is 8.75. The van der Waals surface area contributed by atoms with Crippen molar-refractivity contribution >= 4 is 23.5 Å². The van der Waals surface area contributed by atoms with Gasteiger partial charge >= 0.3 is 6.03 Å². The van der Waals surface area contributed by atoms with E-state index in [2.05, 4.69) is 5.32 Å². The fourth-order valence-corrected chi connectivity index (χ4v) is 3.87. The zero-order valence-electron chi connectivity index (χ0n) is 13.6. The molecule has 3 amide bonds. The maximum absolute atomic E-state index is 13.1. The minimum absolute atomic E-state index is 0.0797. The first-order valence-electron chi connectivity index (χ1n) is 8.38. The molecule has 24 heavy (non-hydrogen) atoms. The molecule has 2 atom stereocenters. The number of halogens is 1. The Morgan fingerprint density at radius 2 is 2.04 bits per heavy atom. The highest BCUT2D eigenvalue weighted by molar-refractivity contribution is 6.31. The number of piperidine rings is 1. The third-order valence-corrected chi connectivity index (χ3v) is 5.22. The second-order valence-corrected chi connectivity index (χ2v) is 6.80. The summed E-state index contributed by atoms with van der Waals surface area (Å²) in [7, 11) is 0. The Labute approximate surface area is 146 Å². The lowest BCUT2D eigenvalue weighted by molar-refractivity contribution is -0.140. The van der Waals surface area contributed by atoms with Crippen LogP contribution in [0.3, 0.4) is 0 Å². The van der Waals surface area contributed by atoms with Crippen LogP contribution in [0.2, 0.25) is 5.02 Å². The Morgan fingerprint density at radius 1 is 1.25 bits per heavy atom. The lowest BCUT2D eigenvalue weighted by Gasteiger charge is -2.40. The van der Waals surface area contributed by atoms with Crippen molar-refractivity contribution in [2.45, 2.75) is 18.9 Å². The van der Waals surface area contributed by atoms with Crippen molar-refractivity contribution in [1.82, 2.24) is 15.1 Å². The second kappa shape index (κ2) is 7.40. The number of rotatable bonds is 2. The second-order valence-electron chi connectivity index (χ2n) is 6.40. The lowest BCUT2D eigenvalue weighted by Crippen LogP contribution is -2.53. The molecule has 0 bridgehead atoms. The summed E-state index contributed by atoms with van der Waals surface area (Å²) in [5.41, 5.74) is 6.34. The highest BCUT2D eigenvalue weighted by Crippen LogP contribution is 2.31. The third kappa shape index (κ3) is 3.49. The van der Waals surface area contributed by atoms with Gasteiger partial charge in [-0.3, -0.25) is 4.79 Å². The number of carbonyl (C=O) groups is 2. The summed E-state index contributed by atoms with van der Waals surface area (Å²) >= 11 is 6.34. The van der Waals surface area contributed by atoms with Gasteiger partial charge in [0.25, 0.3) is 0 Å². The Bertz CT molecular complexity index is 624. The highest BCUT2D eigenvalue weighted by Gasteiger charge is 2.35. The van der Waals surface area contributed by atoms with Crippen LogP contribution < -0.4 is 11.1 Å². The monoisotopic (exact) mass is 350 g/mol. The van der Waals surface area contributed by atoms with Crippen LogP contribution in [0.25, 0.3) is 0 Å². The standard InChI is InChI=1S/C17H23ClN4O2/c18-14-6-2-1-5-13(14)15-10-20-7-9-22(15)16(23)12-4-3-8-21(11-12)17(19)24/h1-2,5-6,12,15,20H,3-4,7-11H2,(H2,19,24). The smallest absolute Gasteiger partial charge is 0.314 e. The molecule has 1 aromatic carbocycles. The average molecular weight is 351 g/mol. The van der Waals surface area contributed by atoms with Gasteiger partial charge < -0.3 is 20.9 Å². The summed E-state index contributed by atoms with van der Waals surface area (Å²) in [6.45, 7) is 3.13. The fourth-order valence-electron chi connectivity index (χ4n) is 3.60. The largest absolute Gasteiger partial charge is 0.351 e. The number of nitrogens with zero attached hydrogens (tertiary/aromatic N) is 2. The van der Waals surface area contributed by atoms with Crippen LogP contribution in [0.5, 0.6) is 0 Å². The fraction of sp³-hybridized carbons (Fsp3) is 0.529. The molecular weight excluding hydrogens is 328 g/mol. The van der Waals surface area contributed by atoms with Crippen molar-refractivity contribution in [3.05, 3.63) is 34.9 Å². The van der Waals surface area contributed by atoms with Gasteiger partial charge in [-0.1, -0.05) is 29.8 Å². The molecule has 3 rings (SSSR count). The van der Waals surface area contributed by atoms with Crippen LogP contribution in [0.4, 0.5) is 4.79 Å². The van der Waals surface area contributed by atoms with Crippen LogP contribution in [0.1, 0.15) is 24.4 Å². The Morgan fingerprint density at radius 3 is 2.79 bits per heavy atom. The Balaban J connectivity index is 1.79.